The van der Waals surface area contributed by atoms with Gasteiger partial charge in [-0.1, -0.05) is 81.4 Å². The first-order chi connectivity index (χ1) is 21.6. The van der Waals surface area contributed by atoms with E-state index in [-0.39, 0.29) is 13.1 Å². The van der Waals surface area contributed by atoms with Gasteiger partial charge in [0.1, 0.15) is 11.6 Å². The molecule has 46 heavy (non-hydrogen) atoms. The molecule has 0 fully saturated rings. The number of amides is 3. The van der Waals surface area contributed by atoms with Gasteiger partial charge >= 0.3 is 12.2 Å². The summed E-state index contributed by atoms with van der Waals surface area (Å²) in [4.78, 5) is 43.0. The summed E-state index contributed by atoms with van der Waals surface area (Å²) in [7, 11) is 1.23. The van der Waals surface area contributed by atoms with Crippen LogP contribution >= 0.6 is 0 Å². The standard InChI is InChI=1S/C35H47N5O6/c1-34(2,3)30(38-32(43)45-7)31(42)39-40(22-25-16-18-26(19-17-25)27-15-11-12-20-36-27)23-29(41)28(21-24-13-9-8-10-14-24)37-33(44)46-35(4,5)6/h8-20,28-30,41H,21-23H2,1-7H3,(H,37,44)(H,38,43)(H,39,42)/t28-,29-,30+/m1/s1. The average molecular weight is 634 g/mol. The van der Waals surface area contributed by atoms with Gasteiger partial charge in [0.15, 0.2) is 0 Å². The molecular formula is C35H47N5O6. The molecule has 3 amide bonds. The Kier molecular flexibility index (Phi) is 12.7. The van der Waals surface area contributed by atoms with Crippen LogP contribution in [-0.4, -0.2) is 70.6 Å². The molecular weight excluding hydrogens is 586 g/mol. The summed E-state index contributed by atoms with van der Waals surface area (Å²) < 4.78 is 10.2. The number of carbonyl (C=O) groups is 3. The lowest BCUT2D eigenvalue weighted by molar-refractivity contribution is -0.131. The van der Waals surface area contributed by atoms with Crippen molar-refractivity contribution in [2.24, 2.45) is 5.41 Å². The normalized spacial score (nSPS) is 13.7. The van der Waals surface area contributed by atoms with E-state index in [1.807, 2.05) is 93.6 Å². The highest BCUT2D eigenvalue weighted by molar-refractivity contribution is 5.86. The largest absolute Gasteiger partial charge is 0.453 e. The van der Waals surface area contributed by atoms with E-state index in [0.717, 1.165) is 22.4 Å². The molecule has 0 aliphatic rings. The van der Waals surface area contributed by atoms with Crippen LogP contribution < -0.4 is 16.1 Å². The van der Waals surface area contributed by atoms with Crippen molar-refractivity contribution < 1.29 is 29.0 Å². The van der Waals surface area contributed by atoms with Gasteiger partial charge in [-0.3, -0.25) is 15.2 Å². The Balaban J connectivity index is 1.89. The number of benzene rings is 2. The molecule has 1 heterocycles. The monoisotopic (exact) mass is 633 g/mol. The number of nitrogens with one attached hydrogen (secondary N) is 3. The highest BCUT2D eigenvalue weighted by Gasteiger charge is 2.35. The fraction of sp³-hybridized carbons (Fsp3) is 0.429. The molecule has 0 saturated heterocycles. The molecule has 2 aromatic carbocycles. The topological polar surface area (TPSA) is 142 Å². The predicted octanol–water partition coefficient (Wildman–Crippen LogP) is 4.85. The maximum Gasteiger partial charge on any atom is 0.407 e. The Hall–Kier alpha value is -4.48. The van der Waals surface area contributed by atoms with Crippen LogP contribution in [0.15, 0.2) is 79.0 Å². The number of aliphatic hydroxyl groups excluding tert-OH is 1. The number of aromatic nitrogens is 1. The summed E-state index contributed by atoms with van der Waals surface area (Å²) >= 11 is 0. The minimum absolute atomic E-state index is 0.0594. The SMILES string of the molecule is COC(=O)N[C@@H](C(=O)NN(Cc1ccc(-c2ccccn2)cc1)C[C@@H](O)[C@@H](Cc1ccccc1)NC(=O)OC(C)(C)C)C(C)(C)C. The van der Waals surface area contributed by atoms with Gasteiger partial charge < -0.3 is 25.2 Å². The van der Waals surface area contributed by atoms with Crippen LogP contribution in [0.3, 0.4) is 0 Å². The van der Waals surface area contributed by atoms with E-state index in [0.29, 0.717) is 6.42 Å². The van der Waals surface area contributed by atoms with Gasteiger partial charge in [0.05, 0.1) is 24.9 Å². The predicted molar refractivity (Wildman–Crippen MR) is 176 cm³/mol. The Morgan fingerprint density at radius 1 is 0.848 bits per heavy atom. The third-order valence-corrected chi connectivity index (χ3v) is 7.00. The lowest BCUT2D eigenvalue weighted by Crippen LogP contribution is -2.59. The first-order valence-electron chi connectivity index (χ1n) is 15.3. The first kappa shape index (κ1) is 36.0. The number of ether oxygens (including phenoxy) is 2. The van der Waals surface area contributed by atoms with Gasteiger partial charge in [0.2, 0.25) is 0 Å². The van der Waals surface area contributed by atoms with E-state index in [2.05, 4.69) is 21.0 Å². The minimum Gasteiger partial charge on any atom is -0.453 e. The molecule has 0 radical (unpaired) electrons. The van der Waals surface area contributed by atoms with Crippen molar-refractivity contribution in [1.29, 1.82) is 0 Å². The number of nitrogens with zero attached hydrogens (tertiary/aromatic N) is 2. The summed E-state index contributed by atoms with van der Waals surface area (Å²) in [6.45, 7) is 10.9. The van der Waals surface area contributed by atoms with E-state index in [9.17, 15) is 19.5 Å². The van der Waals surface area contributed by atoms with Crippen LogP contribution in [0.1, 0.15) is 52.7 Å². The Morgan fingerprint density at radius 3 is 2.07 bits per heavy atom. The average Bonchev–Trinajstić information content (AvgIpc) is 2.99. The molecule has 4 N–H and O–H groups in total. The molecule has 0 saturated carbocycles. The fourth-order valence-corrected chi connectivity index (χ4v) is 4.72. The van der Waals surface area contributed by atoms with E-state index in [1.54, 1.807) is 32.0 Å². The maximum atomic E-state index is 13.7. The van der Waals surface area contributed by atoms with E-state index in [1.165, 1.54) is 7.11 Å². The van der Waals surface area contributed by atoms with Crippen molar-refractivity contribution in [2.45, 2.75) is 78.3 Å². The lowest BCUT2D eigenvalue weighted by Gasteiger charge is -2.34. The smallest absolute Gasteiger partial charge is 0.407 e. The van der Waals surface area contributed by atoms with Crippen LogP contribution in [0.4, 0.5) is 9.59 Å². The number of hydrazine groups is 1. The number of methoxy groups -OCH3 is 1. The van der Waals surface area contributed by atoms with Crippen molar-refractivity contribution in [3.63, 3.8) is 0 Å². The second kappa shape index (κ2) is 16.2. The summed E-state index contributed by atoms with van der Waals surface area (Å²) in [6.07, 6.45) is -0.495. The van der Waals surface area contributed by atoms with E-state index >= 15 is 0 Å². The van der Waals surface area contributed by atoms with Gasteiger partial charge in [0.25, 0.3) is 5.91 Å². The first-order valence-corrected chi connectivity index (χ1v) is 15.3. The third-order valence-electron chi connectivity index (χ3n) is 7.00. The van der Waals surface area contributed by atoms with E-state index < -0.39 is 47.3 Å². The molecule has 11 nitrogen and oxygen atoms in total. The van der Waals surface area contributed by atoms with Crippen LogP contribution in [-0.2, 0) is 27.2 Å². The number of pyridine rings is 1. The number of aliphatic hydroxyl groups is 1. The quantitative estimate of drug-likeness (QED) is 0.208. The summed E-state index contributed by atoms with van der Waals surface area (Å²) in [5.41, 5.74) is 5.00. The zero-order valence-corrected chi connectivity index (χ0v) is 27.7. The Bertz CT molecular complexity index is 1410. The minimum atomic E-state index is -1.14. The molecule has 3 rings (SSSR count). The van der Waals surface area contributed by atoms with E-state index in [4.69, 9.17) is 9.47 Å². The summed E-state index contributed by atoms with van der Waals surface area (Å²) in [6, 6.07) is 21.2. The Labute approximate surface area is 271 Å². The number of alkyl carbamates (subject to hydrolysis) is 2. The van der Waals surface area contributed by atoms with Crippen LogP contribution in [0, 0.1) is 5.41 Å². The van der Waals surface area contributed by atoms with Crippen LogP contribution in [0.2, 0.25) is 0 Å². The molecule has 0 aliphatic heterocycles. The van der Waals surface area contributed by atoms with Gasteiger partial charge in [-0.05, 0) is 55.9 Å². The third kappa shape index (κ3) is 11.8. The van der Waals surface area contributed by atoms with Gasteiger partial charge in [-0.15, -0.1) is 0 Å². The van der Waals surface area contributed by atoms with Gasteiger partial charge in [-0.25, -0.2) is 14.6 Å². The van der Waals surface area contributed by atoms with Crippen molar-refractivity contribution >= 4 is 18.1 Å². The second-order valence-corrected chi connectivity index (χ2v) is 13.2. The number of rotatable bonds is 12. The van der Waals surface area contributed by atoms with Crippen molar-refractivity contribution in [3.05, 3.63) is 90.1 Å². The molecule has 3 atom stereocenters. The Morgan fingerprint density at radius 2 is 1.50 bits per heavy atom. The van der Waals surface area contributed by atoms with Crippen LogP contribution in [0.25, 0.3) is 11.3 Å². The van der Waals surface area contributed by atoms with Crippen molar-refractivity contribution in [3.8, 4) is 11.3 Å². The molecule has 248 valence electrons. The van der Waals surface area contributed by atoms with Gasteiger partial charge in [0, 0.05) is 24.8 Å². The zero-order chi connectivity index (χ0) is 33.9. The molecule has 0 bridgehead atoms. The number of hydrogen-bond donors (Lipinski definition) is 4. The maximum absolute atomic E-state index is 13.7. The lowest BCUT2D eigenvalue weighted by atomic mass is 9.86. The van der Waals surface area contributed by atoms with Crippen LogP contribution in [0.5, 0.6) is 0 Å². The fourth-order valence-electron chi connectivity index (χ4n) is 4.72. The highest BCUT2D eigenvalue weighted by atomic mass is 16.6. The summed E-state index contributed by atoms with van der Waals surface area (Å²) in [5, 5.41) is 18.6. The molecule has 11 heteroatoms. The number of carbonyl (C=O) groups excluding carboxylic acids is 3. The van der Waals surface area contributed by atoms with Gasteiger partial charge in [-0.2, -0.15) is 0 Å². The highest BCUT2D eigenvalue weighted by Crippen LogP contribution is 2.21. The second-order valence-electron chi connectivity index (χ2n) is 13.2. The van der Waals surface area contributed by atoms with Crippen molar-refractivity contribution in [2.75, 3.05) is 13.7 Å². The number of hydrogen-bond acceptors (Lipinski definition) is 8. The molecule has 0 unspecified atom stereocenters. The molecule has 1 aromatic heterocycles. The summed E-state index contributed by atoms with van der Waals surface area (Å²) in [5.74, 6) is -0.491. The molecule has 0 spiro atoms. The zero-order valence-electron chi connectivity index (χ0n) is 27.7. The molecule has 3 aromatic rings. The molecule has 0 aliphatic carbocycles. The van der Waals surface area contributed by atoms with Crippen molar-refractivity contribution in [1.82, 2.24) is 26.1 Å².